The van der Waals surface area contributed by atoms with Crippen molar-refractivity contribution in [1.29, 1.82) is 0 Å². The van der Waals surface area contributed by atoms with Crippen molar-refractivity contribution in [2.24, 2.45) is 0 Å². The van der Waals surface area contributed by atoms with Gasteiger partial charge in [-0.15, -0.1) is 24.8 Å². The molecule has 1 nitrogen and oxygen atoms in total. The summed E-state index contributed by atoms with van der Waals surface area (Å²) in [7, 11) is 0. The van der Waals surface area contributed by atoms with Crippen molar-refractivity contribution in [3.63, 3.8) is 0 Å². The third kappa shape index (κ3) is 3.88. The zero-order valence-electron chi connectivity index (χ0n) is 6.01. The molecule has 1 aromatic rings. The Kier molecular flexibility index (Phi) is 8.09. The number of hydrogen-bond acceptors (Lipinski definition) is 1. The average molecular weight is 311 g/mol. The van der Waals surface area contributed by atoms with E-state index in [1.54, 1.807) is 0 Å². The van der Waals surface area contributed by atoms with E-state index in [9.17, 15) is 13.2 Å². The van der Waals surface area contributed by atoms with Crippen LogP contribution in [-0.2, 0) is 25.2 Å². The summed E-state index contributed by atoms with van der Waals surface area (Å²) in [5.41, 5.74) is 0. The van der Waals surface area contributed by atoms with Gasteiger partial charge in [0.15, 0.2) is 0 Å². The van der Waals surface area contributed by atoms with E-state index < -0.39 is 17.5 Å². The molecule has 0 amide bonds. The molecule has 0 aromatic heterocycles. The minimum absolute atomic E-state index is 0. The van der Waals surface area contributed by atoms with Crippen LogP contribution in [0, 0.1) is 17.5 Å². The third-order valence-electron chi connectivity index (χ3n) is 1.07. The third-order valence-corrected chi connectivity index (χ3v) is 1.61. The van der Waals surface area contributed by atoms with Crippen LogP contribution >= 0.6 is 24.8 Å². The predicted octanol–water partition coefficient (Wildman–Crippen LogP) is 2.79. The van der Waals surface area contributed by atoms with Crippen molar-refractivity contribution in [3.8, 4) is 5.75 Å². The molecule has 7 heteroatoms. The zero-order chi connectivity index (χ0) is 8.43. The van der Waals surface area contributed by atoms with Crippen LogP contribution < -0.4 is 2.81 Å². The molecular formula is C6H4Cl2F3OZr. The summed E-state index contributed by atoms with van der Waals surface area (Å²) in [4.78, 5) is 0. The summed E-state index contributed by atoms with van der Waals surface area (Å²) >= 11 is 0.528. The monoisotopic (exact) mass is 309 g/mol. The van der Waals surface area contributed by atoms with E-state index in [0.717, 1.165) is 6.07 Å². The van der Waals surface area contributed by atoms with Gasteiger partial charge in [0.25, 0.3) is 0 Å². The van der Waals surface area contributed by atoms with Crippen molar-refractivity contribution in [2.45, 2.75) is 0 Å². The van der Waals surface area contributed by atoms with Crippen LogP contribution in [0.5, 0.6) is 5.75 Å². The van der Waals surface area contributed by atoms with Crippen LogP contribution in [0.15, 0.2) is 12.1 Å². The Hall–Kier alpha value is 0.273. The summed E-state index contributed by atoms with van der Waals surface area (Å²) in [6.45, 7) is 0. The maximum atomic E-state index is 12.5. The average Bonchev–Trinajstić information content (AvgIpc) is 1.96. The first-order valence-electron chi connectivity index (χ1n) is 2.63. The second-order valence-corrected chi connectivity index (χ2v) is 2.30. The van der Waals surface area contributed by atoms with Gasteiger partial charge in [-0.05, 0) is 0 Å². The number of halogens is 5. The van der Waals surface area contributed by atoms with E-state index in [0.29, 0.717) is 31.2 Å². The van der Waals surface area contributed by atoms with Gasteiger partial charge in [0.1, 0.15) is 0 Å². The first-order valence-corrected chi connectivity index (χ1v) is 3.63. The van der Waals surface area contributed by atoms with Gasteiger partial charge in [-0.3, -0.25) is 0 Å². The first-order chi connectivity index (χ1) is 5.15. The summed E-state index contributed by atoms with van der Waals surface area (Å²) in [5, 5.41) is 0. The number of hydrogen-bond donors (Lipinski definition) is 0. The van der Waals surface area contributed by atoms with Crippen LogP contribution in [0.2, 0.25) is 0 Å². The molecule has 1 aromatic carbocycles. The Balaban J connectivity index is 0. The van der Waals surface area contributed by atoms with Crippen molar-refractivity contribution in [2.75, 3.05) is 0 Å². The van der Waals surface area contributed by atoms with Crippen LogP contribution in [0.25, 0.3) is 0 Å². The fourth-order valence-electron chi connectivity index (χ4n) is 0.607. The van der Waals surface area contributed by atoms with Gasteiger partial charge < -0.3 is 0 Å². The van der Waals surface area contributed by atoms with Gasteiger partial charge in [0, 0.05) is 0 Å². The molecule has 0 heterocycles. The minimum atomic E-state index is -1.23. The van der Waals surface area contributed by atoms with Crippen LogP contribution in [0.3, 0.4) is 0 Å². The van der Waals surface area contributed by atoms with Gasteiger partial charge in [-0.2, -0.15) is 0 Å². The van der Waals surface area contributed by atoms with Gasteiger partial charge >= 0.3 is 76.5 Å². The molecule has 0 unspecified atom stereocenters. The van der Waals surface area contributed by atoms with Gasteiger partial charge in [0.05, 0.1) is 0 Å². The Morgan fingerprint density at radius 1 is 1.08 bits per heavy atom. The second kappa shape index (κ2) is 6.69. The molecule has 0 aliphatic rings. The summed E-state index contributed by atoms with van der Waals surface area (Å²) < 4.78 is 41.6. The van der Waals surface area contributed by atoms with E-state index in [-0.39, 0.29) is 30.6 Å². The van der Waals surface area contributed by atoms with Gasteiger partial charge in [-0.25, -0.2) is 0 Å². The van der Waals surface area contributed by atoms with Crippen molar-refractivity contribution in [3.05, 3.63) is 29.6 Å². The molecular weight excluding hydrogens is 307 g/mol. The fourth-order valence-corrected chi connectivity index (χ4v) is 0.972. The number of benzene rings is 1. The summed E-state index contributed by atoms with van der Waals surface area (Å²) in [5.74, 6) is -3.62. The topological polar surface area (TPSA) is 9.23 Å². The molecule has 0 saturated carbocycles. The van der Waals surface area contributed by atoms with Crippen molar-refractivity contribution < 1.29 is 41.1 Å². The quantitative estimate of drug-likeness (QED) is 0.725. The number of rotatable bonds is 1. The standard InChI is InChI=1S/C6H3F3O.2ClH.Zr/c7-3-1-4(8)6(9)5(10)2-3;;;/h1-2,10H;2*1H;/q;;;+1/p-1. The molecule has 73 valence electrons. The Morgan fingerprint density at radius 3 is 2.08 bits per heavy atom. The van der Waals surface area contributed by atoms with Crippen molar-refractivity contribution in [1.82, 2.24) is 0 Å². The normalized spacial score (nSPS) is 8.15. The second-order valence-electron chi connectivity index (χ2n) is 1.80. The summed E-state index contributed by atoms with van der Waals surface area (Å²) in [6.07, 6.45) is 0. The molecule has 0 spiro atoms. The molecule has 0 fully saturated rings. The van der Waals surface area contributed by atoms with Gasteiger partial charge in [0.2, 0.25) is 0 Å². The molecule has 0 aliphatic heterocycles. The van der Waals surface area contributed by atoms with Crippen molar-refractivity contribution >= 4 is 24.8 Å². The Bertz CT molecular complexity index is 285. The molecule has 1 rings (SSSR count). The van der Waals surface area contributed by atoms with E-state index >= 15 is 0 Å². The molecule has 13 heavy (non-hydrogen) atoms. The van der Waals surface area contributed by atoms with Gasteiger partial charge in [-0.1, -0.05) is 0 Å². The van der Waals surface area contributed by atoms with E-state index in [1.165, 1.54) is 0 Å². The fraction of sp³-hybridized carbons (Fsp3) is 0. The Labute approximate surface area is 101 Å². The van der Waals surface area contributed by atoms with Crippen LogP contribution in [-0.4, -0.2) is 0 Å². The van der Waals surface area contributed by atoms with E-state index in [1.807, 2.05) is 0 Å². The predicted molar refractivity (Wildman–Crippen MR) is 41.4 cm³/mol. The SMILES string of the molecule is Cl.Cl.Fc1cc(F)c(F)c([O][Zr])c1. The molecule has 0 aliphatic carbocycles. The van der Waals surface area contributed by atoms with E-state index in [2.05, 4.69) is 2.81 Å². The van der Waals surface area contributed by atoms with Crippen LogP contribution in [0.4, 0.5) is 13.2 Å². The maximum absolute atomic E-state index is 12.5. The molecule has 0 N–H and O–H groups in total. The zero-order valence-corrected chi connectivity index (χ0v) is 10.1. The molecule has 0 bridgehead atoms. The molecule has 0 radical (unpaired) electrons. The Morgan fingerprint density at radius 2 is 1.62 bits per heavy atom. The van der Waals surface area contributed by atoms with Crippen LogP contribution in [0.1, 0.15) is 0 Å². The first kappa shape index (κ1) is 15.7. The summed E-state index contributed by atoms with van der Waals surface area (Å²) in [6, 6.07) is 1.26. The molecule has 0 atom stereocenters. The van der Waals surface area contributed by atoms with E-state index in [4.69, 9.17) is 0 Å². The molecule has 0 saturated heterocycles.